The number of alkyl halides is 3. The molecule has 0 spiro atoms. The molecule has 0 fully saturated rings. The highest BCUT2D eigenvalue weighted by Gasteiger charge is 2.35. The summed E-state index contributed by atoms with van der Waals surface area (Å²) >= 11 is 0. The molecule has 0 amide bonds. The van der Waals surface area contributed by atoms with Crippen molar-refractivity contribution in [3.63, 3.8) is 0 Å². The van der Waals surface area contributed by atoms with Gasteiger partial charge in [0, 0.05) is 32.8 Å². The first-order valence-corrected chi connectivity index (χ1v) is 7.15. The lowest BCUT2D eigenvalue weighted by Crippen LogP contribution is -2.32. The van der Waals surface area contributed by atoms with Gasteiger partial charge in [0.1, 0.15) is 5.82 Å². The molecule has 1 atom stereocenters. The van der Waals surface area contributed by atoms with Gasteiger partial charge in [0.15, 0.2) is 11.5 Å². The summed E-state index contributed by atoms with van der Waals surface area (Å²) in [5, 5.41) is 0. The standard InChI is InChI=1S/C14H15F4N5/c1-22(13-19-4-10(15)5-20-13)6-9-2-3-12-21-11(14(16,17)18)8-23(12)7-9/h4-5,8-9H,2-3,6-7H2,1H3/t9-/m1/s1. The maximum atomic E-state index is 12.8. The molecule has 3 rings (SSSR count). The minimum absolute atomic E-state index is 0.149. The summed E-state index contributed by atoms with van der Waals surface area (Å²) in [6, 6.07) is 0. The van der Waals surface area contributed by atoms with Crippen molar-refractivity contribution in [1.29, 1.82) is 0 Å². The van der Waals surface area contributed by atoms with Crippen LogP contribution in [-0.2, 0) is 19.1 Å². The first-order chi connectivity index (χ1) is 10.8. The van der Waals surface area contributed by atoms with E-state index in [9.17, 15) is 17.6 Å². The van der Waals surface area contributed by atoms with E-state index in [1.807, 2.05) is 0 Å². The maximum absolute atomic E-state index is 12.8. The molecule has 0 N–H and O–H groups in total. The molecular weight excluding hydrogens is 314 g/mol. The molecular formula is C14H15F4N5. The monoisotopic (exact) mass is 329 g/mol. The van der Waals surface area contributed by atoms with Gasteiger partial charge in [0.05, 0.1) is 12.4 Å². The molecule has 0 aromatic carbocycles. The fourth-order valence-electron chi connectivity index (χ4n) is 2.77. The molecule has 1 aliphatic heterocycles. The Hall–Kier alpha value is -2.19. The van der Waals surface area contributed by atoms with Crippen molar-refractivity contribution in [3.8, 4) is 0 Å². The molecule has 0 saturated carbocycles. The second-order valence-electron chi connectivity index (χ2n) is 5.68. The molecule has 2 aromatic rings. The zero-order valence-electron chi connectivity index (χ0n) is 12.4. The van der Waals surface area contributed by atoms with E-state index in [2.05, 4.69) is 15.0 Å². The van der Waals surface area contributed by atoms with Crippen LogP contribution in [-0.4, -0.2) is 33.1 Å². The molecule has 5 nitrogen and oxygen atoms in total. The second-order valence-corrected chi connectivity index (χ2v) is 5.68. The Morgan fingerprint density at radius 1 is 1.30 bits per heavy atom. The van der Waals surface area contributed by atoms with Crippen LogP contribution < -0.4 is 4.90 Å². The fraction of sp³-hybridized carbons (Fsp3) is 0.500. The van der Waals surface area contributed by atoms with Crippen LogP contribution in [0.1, 0.15) is 17.9 Å². The summed E-state index contributed by atoms with van der Waals surface area (Å²) < 4.78 is 52.5. The van der Waals surface area contributed by atoms with Crippen LogP contribution >= 0.6 is 0 Å². The van der Waals surface area contributed by atoms with Crippen LogP contribution in [0, 0.1) is 11.7 Å². The van der Waals surface area contributed by atoms with Gasteiger partial charge in [-0.25, -0.2) is 19.3 Å². The predicted molar refractivity (Wildman–Crippen MR) is 74.3 cm³/mol. The highest BCUT2D eigenvalue weighted by molar-refractivity contribution is 5.27. The Morgan fingerprint density at radius 2 is 2.00 bits per heavy atom. The molecule has 0 bridgehead atoms. The highest BCUT2D eigenvalue weighted by atomic mass is 19.4. The number of nitrogens with zero attached hydrogens (tertiary/aromatic N) is 5. The van der Waals surface area contributed by atoms with Crippen molar-refractivity contribution >= 4 is 5.95 Å². The molecule has 0 radical (unpaired) electrons. The molecule has 0 saturated heterocycles. The lowest BCUT2D eigenvalue weighted by atomic mass is 9.99. The van der Waals surface area contributed by atoms with Gasteiger partial charge in [0.2, 0.25) is 5.95 Å². The Labute approximate surface area is 130 Å². The van der Waals surface area contributed by atoms with Gasteiger partial charge >= 0.3 is 6.18 Å². The summed E-state index contributed by atoms with van der Waals surface area (Å²) in [5.74, 6) is 0.493. The zero-order valence-corrected chi connectivity index (χ0v) is 12.4. The third kappa shape index (κ3) is 3.43. The number of halogens is 4. The summed E-state index contributed by atoms with van der Waals surface area (Å²) in [7, 11) is 1.78. The van der Waals surface area contributed by atoms with E-state index in [0.717, 1.165) is 25.0 Å². The number of aryl methyl sites for hydroxylation is 1. The molecule has 1 aliphatic rings. The first-order valence-electron chi connectivity index (χ1n) is 7.15. The third-order valence-corrected chi connectivity index (χ3v) is 3.86. The minimum atomic E-state index is -4.42. The second kappa shape index (κ2) is 5.78. The van der Waals surface area contributed by atoms with Crippen LogP contribution in [0.15, 0.2) is 18.6 Å². The van der Waals surface area contributed by atoms with Crippen LogP contribution in [0.25, 0.3) is 0 Å². The van der Waals surface area contributed by atoms with Gasteiger partial charge in [-0.3, -0.25) is 0 Å². The maximum Gasteiger partial charge on any atom is 0.434 e. The van der Waals surface area contributed by atoms with E-state index in [4.69, 9.17) is 0 Å². The minimum Gasteiger partial charge on any atom is -0.344 e. The van der Waals surface area contributed by atoms with E-state index in [0.29, 0.717) is 31.3 Å². The van der Waals surface area contributed by atoms with Gasteiger partial charge in [0.25, 0.3) is 0 Å². The SMILES string of the molecule is CN(C[C@H]1CCc2nc(C(F)(F)F)cn2C1)c1ncc(F)cn1. The van der Waals surface area contributed by atoms with Gasteiger partial charge in [-0.1, -0.05) is 0 Å². The molecule has 3 heterocycles. The van der Waals surface area contributed by atoms with Crippen LogP contribution in [0.2, 0.25) is 0 Å². The van der Waals surface area contributed by atoms with E-state index in [1.165, 1.54) is 0 Å². The highest BCUT2D eigenvalue weighted by Crippen LogP contribution is 2.30. The first kappa shape index (κ1) is 15.7. The predicted octanol–water partition coefficient (Wildman–Crippen LogP) is 2.53. The Bertz CT molecular complexity index is 679. The Kier molecular flexibility index (Phi) is 3.95. The number of fused-ring (bicyclic) bond motifs is 1. The normalized spacial score (nSPS) is 17.9. The molecule has 23 heavy (non-hydrogen) atoms. The fourth-order valence-corrected chi connectivity index (χ4v) is 2.77. The van der Waals surface area contributed by atoms with Crippen molar-refractivity contribution in [2.75, 3.05) is 18.5 Å². The number of hydrogen-bond acceptors (Lipinski definition) is 4. The Balaban J connectivity index is 1.67. The molecule has 0 aliphatic carbocycles. The number of hydrogen-bond donors (Lipinski definition) is 0. The van der Waals surface area contributed by atoms with Crippen molar-refractivity contribution in [2.24, 2.45) is 5.92 Å². The molecule has 9 heteroatoms. The summed E-state index contributed by atoms with van der Waals surface area (Å²) in [6.45, 7) is 1.04. The smallest absolute Gasteiger partial charge is 0.344 e. The quantitative estimate of drug-likeness (QED) is 0.812. The number of anilines is 1. The van der Waals surface area contributed by atoms with E-state index < -0.39 is 17.7 Å². The van der Waals surface area contributed by atoms with Crippen LogP contribution in [0.3, 0.4) is 0 Å². The Morgan fingerprint density at radius 3 is 2.65 bits per heavy atom. The van der Waals surface area contributed by atoms with Crippen molar-refractivity contribution < 1.29 is 17.6 Å². The van der Waals surface area contributed by atoms with Crippen LogP contribution in [0.5, 0.6) is 0 Å². The average molecular weight is 329 g/mol. The summed E-state index contributed by atoms with van der Waals surface area (Å²) in [6.07, 6.45) is 0.0553. The third-order valence-electron chi connectivity index (χ3n) is 3.86. The largest absolute Gasteiger partial charge is 0.434 e. The van der Waals surface area contributed by atoms with Crippen molar-refractivity contribution in [2.45, 2.75) is 25.6 Å². The summed E-state index contributed by atoms with van der Waals surface area (Å²) in [4.78, 5) is 13.2. The van der Waals surface area contributed by atoms with Gasteiger partial charge in [-0.05, 0) is 12.3 Å². The molecule has 0 unspecified atom stereocenters. The van der Waals surface area contributed by atoms with Crippen LogP contribution in [0.4, 0.5) is 23.5 Å². The number of rotatable bonds is 3. The van der Waals surface area contributed by atoms with Crippen molar-refractivity contribution in [3.05, 3.63) is 35.9 Å². The van der Waals surface area contributed by atoms with Gasteiger partial charge in [-0.15, -0.1) is 0 Å². The van der Waals surface area contributed by atoms with Gasteiger partial charge < -0.3 is 9.47 Å². The van der Waals surface area contributed by atoms with E-state index in [-0.39, 0.29) is 5.92 Å². The number of imidazole rings is 1. The van der Waals surface area contributed by atoms with Crippen molar-refractivity contribution in [1.82, 2.24) is 19.5 Å². The molecule has 124 valence electrons. The molecule has 2 aromatic heterocycles. The zero-order chi connectivity index (χ0) is 16.6. The average Bonchev–Trinajstić information content (AvgIpc) is 2.91. The lowest BCUT2D eigenvalue weighted by Gasteiger charge is -2.28. The number of aromatic nitrogens is 4. The van der Waals surface area contributed by atoms with E-state index in [1.54, 1.807) is 16.5 Å². The lowest BCUT2D eigenvalue weighted by molar-refractivity contribution is -0.141. The van der Waals surface area contributed by atoms with E-state index >= 15 is 0 Å². The topological polar surface area (TPSA) is 46.8 Å². The van der Waals surface area contributed by atoms with Gasteiger partial charge in [-0.2, -0.15) is 13.2 Å². The summed E-state index contributed by atoms with van der Waals surface area (Å²) in [5.41, 5.74) is -0.844.